The number of ether oxygens (including phenoxy) is 3. The average Bonchev–Trinajstić information content (AvgIpc) is 3.71. The Hall–Kier alpha value is -3.56. The molecule has 3 amide bonds. The highest BCUT2D eigenvalue weighted by molar-refractivity contribution is 7.09. The first-order valence-electron chi connectivity index (χ1n) is 13.0. The third-order valence-electron chi connectivity index (χ3n) is 6.74. The minimum absolute atomic E-state index is 0.0465. The number of fused-ring (bicyclic) bond motifs is 1. The molecular weight excluding hydrogens is 502 g/mol. The highest BCUT2D eigenvalue weighted by Gasteiger charge is 2.27. The molecule has 0 aliphatic carbocycles. The Balaban J connectivity index is 1.33. The summed E-state index contributed by atoms with van der Waals surface area (Å²) in [7, 11) is 0. The van der Waals surface area contributed by atoms with Crippen LogP contribution in [0, 0.1) is 0 Å². The summed E-state index contributed by atoms with van der Waals surface area (Å²) in [5, 5.41) is 4.99. The molecule has 38 heavy (non-hydrogen) atoms. The predicted octanol–water partition coefficient (Wildman–Crippen LogP) is 5.28. The number of hydrogen-bond donors (Lipinski definition) is 1. The van der Waals surface area contributed by atoms with Gasteiger partial charge in [0.2, 0.25) is 12.7 Å². The molecule has 1 aromatic heterocycles. The molecule has 9 heteroatoms. The fourth-order valence-corrected chi connectivity index (χ4v) is 5.39. The fraction of sp³-hybridized carbons (Fsp3) is 0.379. The van der Waals surface area contributed by atoms with Gasteiger partial charge in [-0.2, -0.15) is 0 Å². The van der Waals surface area contributed by atoms with Gasteiger partial charge in [0.25, 0.3) is 0 Å². The number of urea groups is 1. The van der Waals surface area contributed by atoms with Crippen molar-refractivity contribution in [3.63, 3.8) is 0 Å². The van der Waals surface area contributed by atoms with Gasteiger partial charge in [0.15, 0.2) is 11.5 Å². The maximum absolute atomic E-state index is 13.8. The van der Waals surface area contributed by atoms with Crippen LogP contribution in [0.2, 0.25) is 0 Å². The van der Waals surface area contributed by atoms with E-state index in [0.717, 1.165) is 41.0 Å². The van der Waals surface area contributed by atoms with Gasteiger partial charge < -0.3 is 29.3 Å². The minimum atomic E-state index is -0.304. The molecule has 200 valence electrons. The fourth-order valence-electron chi connectivity index (χ4n) is 4.67. The third-order valence-corrected chi connectivity index (χ3v) is 7.60. The number of aryl methyl sites for hydroxylation is 1. The summed E-state index contributed by atoms with van der Waals surface area (Å²) >= 11 is 1.60. The molecule has 3 heterocycles. The Bertz CT molecular complexity index is 1240. The normalized spacial score (nSPS) is 15.9. The summed E-state index contributed by atoms with van der Waals surface area (Å²) in [6.07, 6.45) is 2.63. The predicted molar refractivity (Wildman–Crippen MR) is 147 cm³/mol. The quantitative estimate of drug-likeness (QED) is 0.382. The first-order valence-corrected chi connectivity index (χ1v) is 13.9. The molecule has 0 spiro atoms. The second kappa shape index (κ2) is 12.3. The summed E-state index contributed by atoms with van der Waals surface area (Å²) in [6, 6.07) is 17.2. The number of amides is 3. The highest BCUT2D eigenvalue weighted by atomic mass is 32.1. The van der Waals surface area contributed by atoms with Crippen LogP contribution in [0.5, 0.6) is 11.5 Å². The molecule has 2 aliphatic heterocycles. The summed E-state index contributed by atoms with van der Waals surface area (Å²) in [6.45, 7) is 4.12. The van der Waals surface area contributed by atoms with Crippen molar-refractivity contribution in [2.24, 2.45) is 0 Å². The minimum Gasteiger partial charge on any atom is -0.454 e. The van der Waals surface area contributed by atoms with E-state index >= 15 is 0 Å². The number of nitrogens with zero attached hydrogens (tertiary/aromatic N) is 2. The van der Waals surface area contributed by atoms with Crippen molar-refractivity contribution in [2.75, 3.05) is 31.8 Å². The van der Waals surface area contributed by atoms with Gasteiger partial charge in [-0.25, -0.2) is 4.79 Å². The maximum atomic E-state index is 13.8. The second-order valence-electron chi connectivity index (χ2n) is 9.52. The Kier molecular flexibility index (Phi) is 8.45. The van der Waals surface area contributed by atoms with E-state index in [9.17, 15) is 9.59 Å². The van der Waals surface area contributed by atoms with E-state index in [-0.39, 0.29) is 31.4 Å². The smallest absolute Gasteiger partial charge is 0.322 e. The van der Waals surface area contributed by atoms with Crippen molar-refractivity contribution < 1.29 is 23.8 Å². The molecule has 5 rings (SSSR count). The molecule has 0 radical (unpaired) electrons. The van der Waals surface area contributed by atoms with Crippen LogP contribution < -0.4 is 14.8 Å². The lowest BCUT2D eigenvalue weighted by atomic mass is 10.1. The van der Waals surface area contributed by atoms with Crippen LogP contribution in [0.4, 0.5) is 10.5 Å². The number of benzene rings is 2. The van der Waals surface area contributed by atoms with Crippen LogP contribution in [0.25, 0.3) is 0 Å². The Labute approximate surface area is 227 Å². The van der Waals surface area contributed by atoms with E-state index in [1.165, 1.54) is 0 Å². The van der Waals surface area contributed by atoms with Gasteiger partial charge in [-0.15, -0.1) is 11.3 Å². The maximum Gasteiger partial charge on any atom is 0.322 e. The lowest BCUT2D eigenvalue weighted by molar-refractivity contribution is -0.133. The van der Waals surface area contributed by atoms with Crippen LogP contribution in [0.1, 0.15) is 35.8 Å². The molecule has 2 aromatic carbocycles. The number of carbonyl (C=O) groups is 2. The van der Waals surface area contributed by atoms with Crippen LogP contribution in [-0.4, -0.2) is 54.3 Å². The van der Waals surface area contributed by atoms with Crippen molar-refractivity contribution in [1.82, 2.24) is 9.80 Å². The zero-order valence-corrected chi connectivity index (χ0v) is 22.4. The molecule has 1 fully saturated rings. The highest BCUT2D eigenvalue weighted by Crippen LogP contribution is 2.33. The largest absolute Gasteiger partial charge is 0.454 e. The number of carbonyl (C=O) groups excluding carboxylic acids is 2. The summed E-state index contributed by atoms with van der Waals surface area (Å²) < 4.78 is 16.8. The number of hydrogen-bond acceptors (Lipinski definition) is 6. The molecule has 0 bridgehead atoms. The zero-order chi connectivity index (χ0) is 26.3. The molecular formula is C29H33N3O5S. The zero-order valence-electron chi connectivity index (χ0n) is 21.6. The lowest BCUT2D eigenvalue weighted by Crippen LogP contribution is -2.46. The van der Waals surface area contributed by atoms with Gasteiger partial charge >= 0.3 is 6.03 Å². The molecule has 8 nitrogen and oxygen atoms in total. The van der Waals surface area contributed by atoms with Crippen LogP contribution >= 0.6 is 11.3 Å². The van der Waals surface area contributed by atoms with E-state index < -0.39 is 0 Å². The topological polar surface area (TPSA) is 80.3 Å². The first-order chi connectivity index (χ1) is 18.6. The van der Waals surface area contributed by atoms with E-state index in [1.807, 2.05) is 60.0 Å². The van der Waals surface area contributed by atoms with E-state index in [4.69, 9.17) is 14.2 Å². The lowest BCUT2D eigenvalue weighted by Gasteiger charge is -2.29. The Morgan fingerprint density at radius 2 is 1.89 bits per heavy atom. The van der Waals surface area contributed by atoms with Crippen LogP contribution in [0.3, 0.4) is 0 Å². The average molecular weight is 536 g/mol. The number of nitrogens with one attached hydrogen (secondary N) is 1. The van der Waals surface area contributed by atoms with Gasteiger partial charge in [-0.05, 0) is 66.1 Å². The standard InChI is InChI=1S/C29H33N3O5S/c1-2-21-6-3-7-23(14-21)30-29(34)32(17-24-8-4-12-35-24)19-28(33)31(18-25-9-5-13-38-25)16-22-10-11-26-27(15-22)37-20-36-26/h3,5-7,9-11,13-15,24H,2,4,8,12,16-20H2,1H3,(H,30,34). The van der Waals surface area contributed by atoms with Crippen molar-refractivity contribution in [1.29, 1.82) is 0 Å². The molecule has 1 N–H and O–H groups in total. The summed E-state index contributed by atoms with van der Waals surface area (Å²) in [5.41, 5.74) is 2.79. The second-order valence-corrected chi connectivity index (χ2v) is 10.5. The van der Waals surface area contributed by atoms with Crippen molar-refractivity contribution in [3.8, 4) is 11.5 Å². The number of rotatable bonds is 10. The van der Waals surface area contributed by atoms with Gasteiger partial charge in [0, 0.05) is 30.3 Å². The Morgan fingerprint density at radius 3 is 2.68 bits per heavy atom. The monoisotopic (exact) mass is 535 g/mol. The van der Waals surface area contributed by atoms with Crippen molar-refractivity contribution >= 4 is 29.0 Å². The van der Waals surface area contributed by atoms with Gasteiger partial charge in [-0.3, -0.25) is 4.79 Å². The van der Waals surface area contributed by atoms with E-state index in [0.29, 0.717) is 37.7 Å². The molecule has 0 saturated carbocycles. The van der Waals surface area contributed by atoms with Crippen LogP contribution in [0.15, 0.2) is 60.0 Å². The molecule has 1 unspecified atom stereocenters. The van der Waals surface area contributed by atoms with Gasteiger partial charge in [0.05, 0.1) is 12.6 Å². The molecule has 2 aliphatic rings. The number of thiophene rings is 1. The van der Waals surface area contributed by atoms with Crippen molar-refractivity contribution in [2.45, 2.75) is 45.4 Å². The number of anilines is 1. The summed E-state index contributed by atoms with van der Waals surface area (Å²) in [4.78, 5) is 31.6. The first kappa shape index (κ1) is 26.1. The molecule has 1 saturated heterocycles. The third kappa shape index (κ3) is 6.65. The molecule has 1 atom stereocenters. The van der Waals surface area contributed by atoms with E-state index in [1.54, 1.807) is 21.1 Å². The van der Waals surface area contributed by atoms with Gasteiger partial charge in [-0.1, -0.05) is 31.2 Å². The van der Waals surface area contributed by atoms with E-state index in [2.05, 4.69) is 12.2 Å². The van der Waals surface area contributed by atoms with Crippen LogP contribution in [-0.2, 0) is 29.0 Å². The molecule has 3 aromatic rings. The Morgan fingerprint density at radius 1 is 1.00 bits per heavy atom. The van der Waals surface area contributed by atoms with Crippen molar-refractivity contribution in [3.05, 3.63) is 76.0 Å². The van der Waals surface area contributed by atoms with Gasteiger partial charge in [0.1, 0.15) is 6.54 Å². The SMILES string of the molecule is CCc1cccc(NC(=O)N(CC(=O)N(Cc2ccc3c(c2)OCO3)Cc2cccs2)CC2CCCO2)c1. The summed E-state index contributed by atoms with van der Waals surface area (Å²) in [5.74, 6) is 1.25.